The molecule has 7 heteroatoms. The van der Waals surface area contributed by atoms with E-state index in [4.69, 9.17) is 23.2 Å². The highest BCUT2D eigenvalue weighted by molar-refractivity contribution is 6.42. The lowest BCUT2D eigenvalue weighted by Crippen LogP contribution is -2.32. The Morgan fingerprint density at radius 1 is 1.10 bits per heavy atom. The van der Waals surface area contributed by atoms with Crippen molar-refractivity contribution in [2.24, 2.45) is 0 Å². The van der Waals surface area contributed by atoms with Crippen LogP contribution in [-0.4, -0.2) is 41.5 Å². The summed E-state index contributed by atoms with van der Waals surface area (Å²) in [5.41, 5.74) is 3.53. The minimum Gasteiger partial charge on any atom is -0.503 e. The molecule has 2 aromatic carbocycles. The number of carbonyl (C=O) groups is 2. The number of aliphatic hydroxyl groups is 1. The summed E-state index contributed by atoms with van der Waals surface area (Å²) in [5, 5.41) is 14.0. The first-order valence-corrected chi connectivity index (χ1v) is 11.1. The Hall–Kier alpha value is -2.50. The van der Waals surface area contributed by atoms with E-state index in [0.717, 1.165) is 36.0 Å². The van der Waals surface area contributed by atoms with Crippen molar-refractivity contribution in [1.29, 1.82) is 0 Å². The highest BCUT2D eigenvalue weighted by atomic mass is 35.5. The Bertz CT molecular complexity index is 1000. The number of benzene rings is 2. The Kier molecular flexibility index (Phi) is 7.99. The Balaban J connectivity index is 1.42. The number of nitrogens with zero attached hydrogens (tertiary/aromatic N) is 1. The van der Waals surface area contributed by atoms with E-state index >= 15 is 0 Å². The lowest BCUT2D eigenvalue weighted by atomic mass is 10.1. The third kappa shape index (κ3) is 6.02. The van der Waals surface area contributed by atoms with E-state index < -0.39 is 17.6 Å². The number of aliphatic hydroxyl groups excluding tert-OH is 1. The summed E-state index contributed by atoms with van der Waals surface area (Å²) in [6, 6.07) is 13.5. The fraction of sp³-hybridized carbons (Fsp3) is 0.333. The molecule has 0 bridgehead atoms. The largest absolute Gasteiger partial charge is 0.503 e. The first-order valence-electron chi connectivity index (χ1n) is 10.3. The molecular weight excluding hydrogens is 435 g/mol. The number of rotatable bonds is 9. The van der Waals surface area contributed by atoms with Gasteiger partial charge in [0.2, 0.25) is 0 Å². The summed E-state index contributed by atoms with van der Waals surface area (Å²) < 4.78 is 0. The van der Waals surface area contributed by atoms with Gasteiger partial charge < -0.3 is 15.3 Å². The molecule has 0 radical (unpaired) electrons. The highest BCUT2D eigenvalue weighted by Crippen LogP contribution is 2.23. The number of aryl methyl sites for hydroxylation is 2. The third-order valence-corrected chi connectivity index (χ3v) is 6.21. The summed E-state index contributed by atoms with van der Waals surface area (Å²) >= 11 is 11.9. The molecule has 0 fully saturated rings. The van der Waals surface area contributed by atoms with E-state index in [9.17, 15) is 14.7 Å². The molecule has 2 aromatic rings. The van der Waals surface area contributed by atoms with Crippen molar-refractivity contribution >= 4 is 35.0 Å². The molecule has 2 amide bonds. The van der Waals surface area contributed by atoms with Crippen LogP contribution in [0, 0.1) is 6.92 Å². The summed E-state index contributed by atoms with van der Waals surface area (Å²) in [6.07, 6.45) is 3.14. The van der Waals surface area contributed by atoms with Crippen LogP contribution in [0.15, 0.2) is 53.8 Å². The molecule has 5 nitrogen and oxygen atoms in total. The average molecular weight is 461 g/mol. The number of unbranched alkanes of at least 4 members (excludes halogenated alkanes) is 1. The van der Waals surface area contributed by atoms with Gasteiger partial charge in [0.25, 0.3) is 11.8 Å². The predicted molar refractivity (Wildman–Crippen MR) is 124 cm³/mol. The molecule has 3 rings (SSSR count). The summed E-state index contributed by atoms with van der Waals surface area (Å²) in [5.74, 6) is -1.32. The van der Waals surface area contributed by atoms with E-state index in [0.29, 0.717) is 29.6 Å². The van der Waals surface area contributed by atoms with Crippen LogP contribution in [0.2, 0.25) is 10.0 Å². The van der Waals surface area contributed by atoms with Crippen molar-refractivity contribution in [2.45, 2.75) is 32.6 Å². The van der Waals surface area contributed by atoms with Gasteiger partial charge in [0, 0.05) is 13.1 Å². The number of halogens is 2. The molecule has 164 valence electrons. The average Bonchev–Trinajstić information content (AvgIpc) is 3.04. The van der Waals surface area contributed by atoms with Gasteiger partial charge in [0.15, 0.2) is 5.76 Å². The summed E-state index contributed by atoms with van der Waals surface area (Å²) in [7, 11) is 0. The Labute approximate surface area is 192 Å². The standard InChI is InChI=1S/C24H26Cl2N2O3/c1-16-6-2-3-8-18(16)11-13-28-15-19(22(29)24(28)31)23(30)27-12-5-4-7-17-9-10-20(25)21(26)14-17/h2-3,6,8-10,14,29H,4-5,7,11-13,15H2,1H3,(H,27,30). The van der Waals surface area contributed by atoms with Gasteiger partial charge >= 0.3 is 0 Å². The van der Waals surface area contributed by atoms with Gasteiger partial charge in [0.1, 0.15) is 0 Å². The van der Waals surface area contributed by atoms with E-state index in [2.05, 4.69) is 5.32 Å². The molecule has 0 saturated heterocycles. The molecule has 1 aliphatic rings. The van der Waals surface area contributed by atoms with Crippen LogP contribution >= 0.6 is 23.2 Å². The SMILES string of the molecule is Cc1ccccc1CCN1CC(C(=O)NCCCCc2ccc(Cl)c(Cl)c2)=C(O)C1=O. The van der Waals surface area contributed by atoms with E-state index in [1.165, 1.54) is 4.90 Å². The molecule has 1 aliphatic heterocycles. The fourth-order valence-corrected chi connectivity index (χ4v) is 3.90. The van der Waals surface area contributed by atoms with Gasteiger partial charge in [-0.15, -0.1) is 0 Å². The number of nitrogens with one attached hydrogen (secondary N) is 1. The molecule has 0 atom stereocenters. The maximum atomic E-state index is 12.5. The summed E-state index contributed by atoms with van der Waals surface area (Å²) in [6.45, 7) is 3.07. The number of hydrogen-bond acceptors (Lipinski definition) is 3. The van der Waals surface area contributed by atoms with Crippen molar-refractivity contribution in [2.75, 3.05) is 19.6 Å². The quantitative estimate of drug-likeness (QED) is 0.535. The molecular formula is C24H26Cl2N2O3. The monoisotopic (exact) mass is 460 g/mol. The first kappa shape index (κ1) is 23.2. The topological polar surface area (TPSA) is 69.6 Å². The van der Waals surface area contributed by atoms with Crippen LogP contribution in [0.5, 0.6) is 0 Å². The smallest absolute Gasteiger partial charge is 0.289 e. The second-order valence-corrected chi connectivity index (χ2v) is 8.51. The van der Waals surface area contributed by atoms with Crippen LogP contribution in [0.3, 0.4) is 0 Å². The van der Waals surface area contributed by atoms with Crippen molar-refractivity contribution in [3.63, 3.8) is 0 Å². The number of carbonyl (C=O) groups excluding carboxylic acids is 2. The van der Waals surface area contributed by atoms with Crippen LogP contribution in [0.1, 0.15) is 29.5 Å². The van der Waals surface area contributed by atoms with Gasteiger partial charge in [-0.25, -0.2) is 0 Å². The molecule has 31 heavy (non-hydrogen) atoms. The zero-order valence-corrected chi connectivity index (χ0v) is 19.0. The molecule has 0 saturated carbocycles. The van der Waals surface area contributed by atoms with Crippen molar-refractivity contribution < 1.29 is 14.7 Å². The van der Waals surface area contributed by atoms with E-state index in [1.807, 2.05) is 43.3 Å². The maximum Gasteiger partial charge on any atom is 0.289 e. The number of hydrogen-bond donors (Lipinski definition) is 2. The Morgan fingerprint density at radius 3 is 2.61 bits per heavy atom. The molecule has 1 heterocycles. The van der Waals surface area contributed by atoms with Crippen molar-refractivity contribution in [3.05, 3.63) is 80.5 Å². The minimum absolute atomic E-state index is 0.131. The van der Waals surface area contributed by atoms with Crippen LogP contribution in [0.25, 0.3) is 0 Å². The molecule has 2 N–H and O–H groups in total. The fourth-order valence-electron chi connectivity index (χ4n) is 3.58. The second-order valence-electron chi connectivity index (χ2n) is 7.69. The van der Waals surface area contributed by atoms with Crippen LogP contribution < -0.4 is 5.32 Å². The molecule has 0 unspecified atom stereocenters. The van der Waals surface area contributed by atoms with Gasteiger partial charge in [-0.05, 0) is 61.4 Å². The molecule has 0 aromatic heterocycles. The van der Waals surface area contributed by atoms with Crippen molar-refractivity contribution in [1.82, 2.24) is 10.2 Å². The minimum atomic E-state index is -0.488. The Morgan fingerprint density at radius 2 is 1.87 bits per heavy atom. The van der Waals surface area contributed by atoms with E-state index in [1.54, 1.807) is 6.07 Å². The predicted octanol–water partition coefficient (Wildman–Crippen LogP) is 4.64. The maximum absolute atomic E-state index is 12.5. The lowest BCUT2D eigenvalue weighted by Gasteiger charge is -2.16. The van der Waals surface area contributed by atoms with Gasteiger partial charge in [-0.1, -0.05) is 53.5 Å². The van der Waals surface area contributed by atoms with Crippen molar-refractivity contribution in [3.8, 4) is 0 Å². The highest BCUT2D eigenvalue weighted by Gasteiger charge is 2.33. The number of amides is 2. The zero-order chi connectivity index (χ0) is 22.4. The van der Waals surface area contributed by atoms with Gasteiger partial charge in [-0.3, -0.25) is 9.59 Å². The van der Waals surface area contributed by atoms with E-state index in [-0.39, 0.29) is 12.1 Å². The van der Waals surface area contributed by atoms with Gasteiger partial charge in [-0.2, -0.15) is 0 Å². The normalized spacial score (nSPS) is 13.8. The van der Waals surface area contributed by atoms with Gasteiger partial charge in [0.05, 0.1) is 22.2 Å². The first-order chi connectivity index (χ1) is 14.9. The zero-order valence-electron chi connectivity index (χ0n) is 17.5. The lowest BCUT2D eigenvalue weighted by molar-refractivity contribution is -0.127. The van der Waals surface area contributed by atoms with Crippen LogP contribution in [-0.2, 0) is 22.4 Å². The summed E-state index contributed by atoms with van der Waals surface area (Å²) in [4.78, 5) is 26.3. The third-order valence-electron chi connectivity index (χ3n) is 5.47. The second kappa shape index (κ2) is 10.7. The van der Waals surface area contributed by atoms with Crippen LogP contribution in [0.4, 0.5) is 0 Å². The molecule has 0 aliphatic carbocycles. The molecule has 0 spiro atoms.